The number of carbonyl (C=O) groups excluding carboxylic acids is 2. The molecule has 3 aromatic rings. The first-order valence-corrected chi connectivity index (χ1v) is 9.68. The monoisotopic (exact) mass is 388 g/mol. The van der Waals surface area contributed by atoms with Gasteiger partial charge < -0.3 is 15.1 Å². The number of hydrogen-bond acceptors (Lipinski definition) is 3. The molecule has 0 bridgehead atoms. The largest absolute Gasteiger partial charge is 0.465 e. The zero-order valence-corrected chi connectivity index (χ0v) is 16.4. The summed E-state index contributed by atoms with van der Waals surface area (Å²) in [7, 11) is 0. The van der Waals surface area contributed by atoms with Crippen molar-refractivity contribution in [2.24, 2.45) is 0 Å². The first kappa shape index (κ1) is 20.1. The molecule has 29 heavy (non-hydrogen) atoms. The van der Waals surface area contributed by atoms with Crippen molar-refractivity contribution in [2.75, 3.05) is 11.9 Å². The molecule has 5 heteroatoms. The Morgan fingerprint density at radius 2 is 1.72 bits per heavy atom. The van der Waals surface area contributed by atoms with Gasteiger partial charge in [0.1, 0.15) is 5.76 Å². The van der Waals surface area contributed by atoms with Gasteiger partial charge in [-0.2, -0.15) is 0 Å². The zero-order chi connectivity index (χ0) is 20.5. The predicted octanol–water partition coefficient (Wildman–Crippen LogP) is 4.99. The summed E-state index contributed by atoms with van der Waals surface area (Å²) in [6, 6.07) is 19.9. The number of benzene rings is 2. The first-order valence-electron chi connectivity index (χ1n) is 9.68. The Morgan fingerprint density at radius 3 is 2.45 bits per heavy atom. The molecular formula is C24H24N2O3. The Kier molecular flexibility index (Phi) is 7.00. The normalized spacial score (nSPS) is 11.1. The second-order valence-corrected chi connectivity index (χ2v) is 6.55. The van der Waals surface area contributed by atoms with Gasteiger partial charge in [0.15, 0.2) is 0 Å². The summed E-state index contributed by atoms with van der Waals surface area (Å²) in [4.78, 5) is 25.6. The molecule has 5 nitrogen and oxygen atoms in total. The molecule has 0 fully saturated rings. The number of anilines is 1. The SMILES string of the molecule is CCCCNC(=O)c1ccccc1NC(=O)/C(=C/c1ccco1)c1ccccc1. The van der Waals surface area contributed by atoms with Gasteiger partial charge in [-0.15, -0.1) is 0 Å². The Balaban J connectivity index is 1.86. The van der Waals surface area contributed by atoms with Crippen molar-refractivity contribution in [1.29, 1.82) is 0 Å². The lowest BCUT2D eigenvalue weighted by Crippen LogP contribution is -2.26. The minimum absolute atomic E-state index is 0.203. The summed E-state index contributed by atoms with van der Waals surface area (Å²) >= 11 is 0. The summed E-state index contributed by atoms with van der Waals surface area (Å²) in [5, 5.41) is 5.77. The van der Waals surface area contributed by atoms with Crippen LogP contribution in [0.4, 0.5) is 5.69 Å². The maximum Gasteiger partial charge on any atom is 0.256 e. The van der Waals surface area contributed by atoms with E-state index in [0.29, 0.717) is 29.1 Å². The highest BCUT2D eigenvalue weighted by atomic mass is 16.3. The van der Waals surface area contributed by atoms with E-state index in [1.54, 1.807) is 48.7 Å². The Hall–Kier alpha value is -3.60. The third-order valence-electron chi connectivity index (χ3n) is 4.39. The fourth-order valence-electron chi connectivity index (χ4n) is 2.87. The summed E-state index contributed by atoms with van der Waals surface area (Å²) in [5.41, 5.74) is 2.10. The van der Waals surface area contributed by atoms with Crippen LogP contribution in [0, 0.1) is 0 Å². The molecule has 0 aliphatic heterocycles. The number of unbranched alkanes of at least 4 members (excludes halogenated alkanes) is 1. The molecule has 1 aromatic heterocycles. The van der Waals surface area contributed by atoms with Crippen molar-refractivity contribution in [3.05, 3.63) is 89.9 Å². The molecule has 2 aromatic carbocycles. The van der Waals surface area contributed by atoms with Crippen molar-refractivity contribution in [3.8, 4) is 0 Å². The fraction of sp³-hybridized carbons (Fsp3) is 0.167. The molecule has 0 radical (unpaired) electrons. The Labute approximate surface area is 170 Å². The number of nitrogens with one attached hydrogen (secondary N) is 2. The lowest BCUT2D eigenvalue weighted by Gasteiger charge is -2.13. The molecular weight excluding hydrogens is 364 g/mol. The van der Waals surface area contributed by atoms with E-state index < -0.39 is 0 Å². The van der Waals surface area contributed by atoms with Crippen molar-refractivity contribution >= 4 is 29.2 Å². The van der Waals surface area contributed by atoms with E-state index in [-0.39, 0.29) is 11.8 Å². The van der Waals surface area contributed by atoms with E-state index in [1.165, 1.54) is 0 Å². The van der Waals surface area contributed by atoms with E-state index in [9.17, 15) is 9.59 Å². The number of hydrogen-bond donors (Lipinski definition) is 2. The van der Waals surface area contributed by atoms with Crippen LogP contribution in [-0.4, -0.2) is 18.4 Å². The standard InChI is InChI=1S/C24H24N2O3/c1-2-3-15-25-23(27)20-13-7-8-14-22(20)26-24(28)21(17-19-12-9-16-29-19)18-10-5-4-6-11-18/h4-14,16-17H,2-3,15H2,1H3,(H,25,27)(H,26,28)/b21-17+. The van der Waals surface area contributed by atoms with E-state index in [1.807, 2.05) is 30.3 Å². The number of rotatable bonds is 8. The summed E-state index contributed by atoms with van der Waals surface area (Å²) in [6.45, 7) is 2.67. The van der Waals surface area contributed by atoms with Crippen LogP contribution in [0.25, 0.3) is 11.6 Å². The van der Waals surface area contributed by atoms with Crippen LogP contribution >= 0.6 is 0 Å². The van der Waals surface area contributed by atoms with Crippen LogP contribution < -0.4 is 10.6 Å². The molecule has 1 heterocycles. The van der Waals surface area contributed by atoms with Crippen molar-refractivity contribution < 1.29 is 14.0 Å². The molecule has 2 N–H and O–H groups in total. The summed E-state index contributed by atoms with van der Waals surface area (Å²) < 4.78 is 5.38. The lowest BCUT2D eigenvalue weighted by molar-refractivity contribution is -0.111. The van der Waals surface area contributed by atoms with Gasteiger partial charge in [0.25, 0.3) is 11.8 Å². The summed E-state index contributed by atoms with van der Waals surface area (Å²) in [5.74, 6) is 0.0524. The minimum atomic E-state index is -0.318. The third kappa shape index (κ3) is 5.45. The molecule has 3 rings (SSSR count). The second kappa shape index (κ2) is 10.1. The lowest BCUT2D eigenvalue weighted by atomic mass is 10.0. The topological polar surface area (TPSA) is 71.3 Å². The predicted molar refractivity (Wildman–Crippen MR) is 115 cm³/mol. The van der Waals surface area contributed by atoms with Crippen LogP contribution in [0.3, 0.4) is 0 Å². The van der Waals surface area contributed by atoms with Crippen LogP contribution in [-0.2, 0) is 4.79 Å². The number of carbonyl (C=O) groups is 2. The molecule has 0 saturated heterocycles. The molecule has 0 aliphatic rings. The number of furan rings is 1. The van der Waals surface area contributed by atoms with Gasteiger partial charge in [0, 0.05) is 6.54 Å². The van der Waals surface area contributed by atoms with Crippen molar-refractivity contribution in [3.63, 3.8) is 0 Å². The number of amides is 2. The van der Waals surface area contributed by atoms with Gasteiger partial charge >= 0.3 is 0 Å². The van der Waals surface area contributed by atoms with Gasteiger partial charge in [0.2, 0.25) is 0 Å². The highest BCUT2D eigenvalue weighted by Gasteiger charge is 2.17. The molecule has 2 amide bonds. The summed E-state index contributed by atoms with van der Waals surface area (Å²) in [6.07, 6.45) is 5.15. The van der Waals surface area contributed by atoms with Gasteiger partial charge in [-0.1, -0.05) is 55.8 Å². The quantitative estimate of drug-likeness (QED) is 0.422. The number of para-hydroxylation sites is 1. The molecule has 0 unspecified atom stereocenters. The molecule has 0 spiro atoms. The van der Waals surface area contributed by atoms with E-state index in [0.717, 1.165) is 18.4 Å². The zero-order valence-electron chi connectivity index (χ0n) is 16.4. The highest BCUT2D eigenvalue weighted by Crippen LogP contribution is 2.22. The van der Waals surface area contributed by atoms with Crippen molar-refractivity contribution in [1.82, 2.24) is 5.32 Å². The first-order chi connectivity index (χ1) is 14.2. The van der Waals surface area contributed by atoms with Gasteiger partial charge in [-0.05, 0) is 42.3 Å². The van der Waals surface area contributed by atoms with E-state index in [2.05, 4.69) is 17.6 Å². The maximum atomic E-state index is 13.1. The maximum absolute atomic E-state index is 13.1. The fourth-order valence-corrected chi connectivity index (χ4v) is 2.87. The van der Waals surface area contributed by atoms with Crippen LogP contribution in [0.1, 0.15) is 41.4 Å². The molecule has 148 valence electrons. The Bertz CT molecular complexity index is 976. The molecule has 0 atom stereocenters. The molecule has 0 saturated carbocycles. The van der Waals surface area contributed by atoms with Gasteiger partial charge in [0.05, 0.1) is 23.1 Å². The Morgan fingerprint density at radius 1 is 0.966 bits per heavy atom. The molecule has 0 aliphatic carbocycles. The second-order valence-electron chi connectivity index (χ2n) is 6.55. The van der Waals surface area contributed by atoms with Gasteiger partial charge in [-0.25, -0.2) is 0 Å². The third-order valence-corrected chi connectivity index (χ3v) is 4.39. The average molecular weight is 388 g/mol. The minimum Gasteiger partial charge on any atom is -0.465 e. The van der Waals surface area contributed by atoms with Crippen LogP contribution in [0.5, 0.6) is 0 Å². The van der Waals surface area contributed by atoms with Crippen molar-refractivity contribution in [2.45, 2.75) is 19.8 Å². The van der Waals surface area contributed by atoms with E-state index >= 15 is 0 Å². The highest BCUT2D eigenvalue weighted by molar-refractivity contribution is 6.29. The van der Waals surface area contributed by atoms with Gasteiger partial charge in [-0.3, -0.25) is 9.59 Å². The smallest absolute Gasteiger partial charge is 0.256 e. The average Bonchev–Trinajstić information content (AvgIpc) is 3.26. The van der Waals surface area contributed by atoms with E-state index in [4.69, 9.17) is 4.42 Å². The van der Waals surface area contributed by atoms with Crippen LogP contribution in [0.15, 0.2) is 77.4 Å². The van der Waals surface area contributed by atoms with Crippen LogP contribution in [0.2, 0.25) is 0 Å².